The Hall–Kier alpha value is -2.42. The van der Waals surface area contributed by atoms with Crippen molar-refractivity contribution in [2.75, 3.05) is 0 Å². The monoisotopic (exact) mass is 215 g/mol. The van der Waals surface area contributed by atoms with Gasteiger partial charge in [0.2, 0.25) is 0 Å². The third-order valence-electron chi connectivity index (χ3n) is 1.89. The molecular weight excluding hydrogens is 206 g/mol. The Bertz CT molecular complexity index is 528. The van der Waals surface area contributed by atoms with E-state index in [1.807, 2.05) is 13.0 Å². The van der Waals surface area contributed by atoms with Crippen molar-refractivity contribution < 1.29 is 4.74 Å². The van der Waals surface area contributed by atoms with Crippen LogP contribution in [-0.4, -0.2) is 19.7 Å². The summed E-state index contributed by atoms with van der Waals surface area (Å²) >= 11 is 0. The van der Waals surface area contributed by atoms with Gasteiger partial charge in [0.15, 0.2) is 5.75 Å². The number of nitrogens with zero attached hydrogens (tertiary/aromatic N) is 5. The Kier molecular flexibility index (Phi) is 2.78. The van der Waals surface area contributed by atoms with Crippen LogP contribution in [0, 0.1) is 11.3 Å². The van der Waals surface area contributed by atoms with Crippen LogP contribution in [-0.2, 0) is 6.54 Å². The van der Waals surface area contributed by atoms with Crippen LogP contribution < -0.4 is 4.74 Å². The second-order valence-corrected chi connectivity index (χ2v) is 2.97. The molecular formula is C10H9N5O. The fourth-order valence-electron chi connectivity index (χ4n) is 1.13. The minimum absolute atomic E-state index is 0.148. The van der Waals surface area contributed by atoms with Gasteiger partial charge in [-0.3, -0.25) is 4.68 Å². The first-order chi connectivity index (χ1) is 7.81. The van der Waals surface area contributed by atoms with E-state index >= 15 is 0 Å². The van der Waals surface area contributed by atoms with Gasteiger partial charge in [-0.15, -0.1) is 0 Å². The van der Waals surface area contributed by atoms with E-state index in [4.69, 9.17) is 10.00 Å². The van der Waals surface area contributed by atoms with E-state index in [1.165, 1.54) is 12.3 Å². The van der Waals surface area contributed by atoms with Crippen LogP contribution in [0.4, 0.5) is 0 Å². The van der Waals surface area contributed by atoms with Gasteiger partial charge in [0.1, 0.15) is 11.8 Å². The Morgan fingerprint density at radius 1 is 1.56 bits per heavy atom. The third kappa shape index (κ3) is 2.15. The molecule has 2 aromatic rings. The van der Waals surface area contributed by atoms with E-state index in [0.717, 1.165) is 6.54 Å². The fourth-order valence-corrected chi connectivity index (χ4v) is 1.13. The highest BCUT2D eigenvalue weighted by molar-refractivity contribution is 5.22. The molecule has 0 spiro atoms. The summed E-state index contributed by atoms with van der Waals surface area (Å²) in [6.45, 7) is 2.74. The van der Waals surface area contributed by atoms with E-state index in [0.29, 0.717) is 5.75 Å². The summed E-state index contributed by atoms with van der Waals surface area (Å²) < 4.78 is 7.07. The number of hydrogen-bond acceptors (Lipinski definition) is 5. The zero-order chi connectivity index (χ0) is 11.4. The molecule has 0 saturated carbocycles. The number of nitriles is 1. The van der Waals surface area contributed by atoms with Crippen molar-refractivity contribution in [3.05, 3.63) is 30.4 Å². The van der Waals surface area contributed by atoms with Gasteiger partial charge in [0, 0.05) is 12.7 Å². The smallest absolute Gasteiger partial charge is 0.323 e. The van der Waals surface area contributed by atoms with Crippen molar-refractivity contribution >= 4 is 0 Å². The van der Waals surface area contributed by atoms with E-state index in [1.54, 1.807) is 17.1 Å². The summed E-state index contributed by atoms with van der Waals surface area (Å²) in [5.74, 6) is 0.553. The van der Waals surface area contributed by atoms with E-state index in [9.17, 15) is 0 Å². The molecule has 2 rings (SSSR count). The van der Waals surface area contributed by atoms with E-state index in [2.05, 4.69) is 15.1 Å². The zero-order valence-corrected chi connectivity index (χ0v) is 8.66. The molecule has 6 heteroatoms. The van der Waals surface area contributed by atoms with Gasteiger partial charge >= 0.3 is 6.01 Å². The summed E-state index contributed by atoms with van der Waals surface area (Å²) in [4.78, 5) is 7.79. The summed E-state index contributed by atoms with van der Waals surface area (Å²) in [6.07, 6.45) is 4.79. The Balaban J connectivity index is 2.17. The highest BCUT2D eigenvalue weighted by atomic mass is 16.5. The molecule has 0 atom stereocenters. The van der Waals surface area contributed by atoms with Crippen LogP contribution >= 0.6 is 0 Å². The summed E-state index contributed by atoms with van der Waals surface area (Å²) in [5.41, 5.74) is 0.271. The maximum absolute atomic E-state index is 8.66. The standard InChI is InChI=1S/C10H9N5O/c1-2-15-7-9(6-13-15)16-10-12-4-3-8(5-11)14-10/h3-4,6-7H,2H2,1H3. The second-order valence-electron chi connectivity index (χ2n) is 2.97. The van der Waals surface area contributed by atoms with E-state index < -0.39 is 0 Å². The molecule has 16 heavy (non-hydrogen) atoms. The summed E-state index contributed by atoms with van der Waals surface area (Å²) in [5, 5.41) is 12.7. The predicted molar refractivity (Wildman–Crippen MR) is 54.7 cm³/mol. The van der Waals surface area contributed by atoms with Gasteiger partial charge in [-0.25, -0.2) is 4.98 Å². The number of hydrogen-bond donors (Lipinski definition) is 0. The maximum Gasteiger partial charge on any atom is 0.323 e. The molecule has 0 fully saturated rings. The van der Waals surface area contributed by atoms with Crippen LogP contribution in [0.15, 0.2) is 24.7 Å². The topological polar surface area (TPSA) is 76.6 Å². The van der Waals surface area contributed by atoms with Crippen LogP contribution in [0.5, 0.6) is 11.8 Å². The second kappa shape index (κ2) is 4.40. The minimum Gasteiger partial charge on any atom is -0.421 e. The van der Waals surface area contributed by atoms with Crippen molar-refractivity contribution in [1.29, 1.82) is 5.26 Å². The molecule has 0 bridgehead atoms. The van der Waals surface area contributed by atoms with Crippen molar-refractivity contribution in [3.63, 3.8) is 0 Å². The lowest BCUT2D eigenvalue weighted by atomic mass is 10.4. The number of rotatable bonds is 3. The van der Waals surface area contributed by atoms with Gasteiger partial charge in [-0.05, 0) is 13.0 Å². The molecule has 0 aliphatic carbocycles. The number of ether oxygens (including phenoxy) is 1. The van der Waals surface area contributed by atoms with Crippen molar-refractivity contribution in [2.45, 2.75) is 13.5 Å². The molecule has 0 aromatic carbocycles. The summed E-state index contributed by atoms with van der Waals surface area (Å²) in [7, 11) is 0. The van der Waals surface area contributed by atoms with Crippen LogP contribution in [0.25, 0.3) is 0 Å². The van der Waals surface area contributed by atoms with Crippen LogP contribution in [0.3, 0.4) is 0 Å². The first kappa shape index (κ1) is 10.1. The van der Waals surface area contributed by atoms with Crippen LogP contribution in [0.2, 0.25) is 0 Å². The lowest BCUT2D eigenvalue weighted by Crippen LogP contribution is -1.93. The third-order valence-corrected chi connectivity index (χ3v) is 1.89. The highest BCUT2D eigenvalue weighted by Gasteiger charge is 2.03. The summed E-state index contributed by atoms with van der Waals surface area (Å²) in [6, 6.07) is 3.58. The molecule has 0 saturated heterocycles. The molecule has 0 aliphatic heterocycles. The number of aryl methyl sites for hydroxylation is 1. The molecule has 0 amide bonds. The van der Waals surface area contributed by atoms with Gasteiger partial charge in [0.05, 0.1) is 12.4 Å². The molecule has 0 aliphatic rings. The lowest BCUT2D eigenvalue weighted by Gasteiger charge is -1.99. The lowest BCUT2D eigenvalue weighted by molar-refractivity contribution is 0.440. The maximum atomic E-state index is 8.66. The van der Waals surface area contributed by atoms with Crippen molar-refractivity contribution in [2.24, 2.45) is 0 Å². The molecule has 0 N–H and O–H groups in total. The molecule has 0 unspecified atom stereocenters. The van der Waals surface area contributed by atoms with Gasteiger partial charge < -0.3 is 4.74 Å². The average Bonchev–Trinajstić information content (AvgIpc) is 2.77. The Morgan fingerprint density at radius 3 is 3.12 bits per heavy atom. The fraction of sp³-hybridized carbons (Fsp3) is 0.200. The quantitative estimate of drug-likeness (QED) is 0.772. The SMILES string of the molecule is CCn1cc(Oc2nccc(C#N)n2)cn1. The van der Waals surface area contributed by atoms with E-state index in [-0.39, 0.29) is 11.7 Å². The van der Waals surface area contributed by atoms with Gasteiger partial charge in [-0.1, -0.05) is 0 Å². The number of aromatic nitrogens is 4. The predicted octanol–water partition coefficient (Wildman–Crippen LogP) is 1.36. The van der Waals surface area contributed by atoms with Gasteiger partial charge in [-0.2, -0.15) is 15.3 Å². The minimum atomic E-state index is 0.148. The largest absolute Gasteiger partial charge is 0.421 e. The Labute approximate surface area is 92.1 Å². The zero-order valence-electron chi connectivity index (χ0n) is 8.66. The molecule has 0 radical (unpaired) electrons. The van der Waals surface area contributed by atoms with Crippen LogP contribution in [0.1, 0.15) is 12.6 Å². The van der Waals surface area contributed by atoms with Crippen molar-refractivity contribution in [3.8, 4) is 17.8 Å². The first-order valence-electron chi connectivity index (χ1n) is 4.75. The highest BCUT2D eigenvalue weighted by Crippen LogP contribution is 2.15. The Morgan fingerprint density at radius 2 is 2.44 bits per heavy atom. The molecule has 2 aromatic heterocycles. The molecule has 2 heterocycles. The molecule has 6 nitrogen and oxygen atoms in total. The normalized spacial score (nSPS) is 9.75. The molecule has 80 valence electrons. The first-order valence-corrected chi connectivity index (χ1v) is 4.75. The average molecular weight is 215 g/mol. The van der Waals surface area contributed by atoms with Crippen molar-refractivity contribution in [1.82, 2.24) is 19.7 Å². The van der Waals surface area contributed by atoms with Gasteiger partial charge in [0.25, 0.3) is 0 Å².